The van der Waals surface area contributed by atoms with Crippen LogP contribution >= 0.6 is 0 Å². The lowest BCUT2D eigenvalue weighted by Gasteiger charge is -2.37. The number of ether oxygens (including phenoxy) is 1. The Kier molecular flexibility index (Phi) is 4.20. The molecule has 0 aliphatic carbocycles. The van der Waals surface area contributed by atoms with Crippen molar-refractivity contribution >= 4 is 5.91 Å². The van der Waals surface area contributed by atoms with Crippen molar-refractivity contribution in [3.63, 3.8) is 0 Å². The summed E-state index contributed by atoms with van der Waals surface area (Å²) in [6.07, 6.45) is 0.411. The van der Waals surface area contributed by atoms with Gasteiger partial charge in [0.1, 0.15) is 5.75 Å². The van der Waals surface area contributed by atoms with Crippen LogP contribution in [0.15, 0.2) is 24.3 Å². The molecule has 4 nitrogen and oxygen atoms in total. The van der Waals surface area contributed by atoms with Crippen molar-refractivity contribution in [2.75, 3.05) is 26.7 Å². The summed E-state index contributed by atoms with van der Waals surface area (Å²) >= 11 is 0. The Morgan fingerprint density at radius 2 is 2.17 bits per heavy atom. The molecule has 1 saturated heterocycles. The SMILES string of the molecule is CCN(C(=O)Cc1ccccc1OC)C1CNC1. The fourth-order valence-electron chi connectivity index (χ4n) is 2.25. The summed E-state index contributed by atoms with van der Waals surface area (Å²) in [5, 5.41) is 3.20. The third-order valence-corrected chi connectivity index (χ3v) is 3.40. The van der Waals surface area contributed by atoms with E-state index < -0.39 is 0 Å². The van der Waals surface area contributed by atoms with E-state index in [1.54, 1.807) is 7.11 Å². The number of nitrogens with one attached hydrogen (secondary N) is 1. The molecule has 1 N–H and O–H groups in total. The Hall–Kier alpha value is -1.55. The normalized spacial score (nSPS) is 15.0. The predicted octanol–water partition coefficient (Wildman–Crippen LogP) is 1.06. The molecule has 1 amide bonds. The molecule has 1 aromatic carbocycles. The molecule has 0 bridgehead atoms. The first kappa shape index (κ1) is 12.9. The number of hydrogen-bond acceptors (Lipinski definition) is 3. The lowest BCUT2D eigenvalue weighted by molar-refractivity contribution is -0.133. The van der Waals surface area contributed by atoms with Crippen LogP contribution < -0.4 is 10.1 Å². The van der Waals surface area contributed by atoms with E-state index >= 15 is 0 Å². The third kappa shape index (κ3) is 2.64. The maximum atomic E-state index is 12.3. The second kappa shape index (κ2) is 5.87. The number of nitrogens with zero attached hydrogens (tertiary/aromatic N) is 1. The van der Waals surface area contributed by atoms with Crippen LogP contribution in [0.1, 0.15) is 12.5 Å². The van der Waals surface area contributed by atoms with Crippen molar-refractivity contribution in [2.24, 2.45) is 0 Å². The highest BCUT2D eigenvalue weighted by Gasteiger charge is 2.27. The molecule has 0 saturated carbocycles. The molecule has 0 spiro atoms. The average molecular weight is 248 g/mol. The van der Waals surface area contributed by atoms with E-state index in [1.165, 1.54) is 0 Å². The Bertz CT molecular complexity index is 416. The van der Waals surface area contributed by atoms with Crippen molar-refractivity contribution in [3.05, 3.63) is 29.8 Å². The van der Waals surface area contributed by atoms with Gasteiger partial charge >= 0.3 is 0 Å². The van der Waals surface area contributed by atoms with Crippen molar-refractivity contribution in [1.82, 2.24) is 10.2 Å². The lowest BCUT2D eigenvalue weighted by Crippen LogP contribution is -2.59. The van der Waals surface area contributed by atoms with Crippen LogP contribution in [0.5, 0.6) is 5.75 Å². The van der Waals surface area contributed by atoms with Gasteiger partial charge in [0.2, 0.25) is 5.91 Å². The van der Waals surface area contributed by atoms with Gasteiger partial charge in [-0.15, -0.1) is 0 Å². The topological polar surface area (TPSA) is 41.6 Å². The van der Waals surface area contributed by atoms with Gasteiger partial charge in [0.25, 0.3) is 0 Å². The summed E-state index contributed by atoms with van der Waals surface area (Å²) < 4.78 is 5.28. The van der Waals surface area contributed by atoms with Gasteiger partial charge < -0.3 is 15.0 Å². The summed E-state index contributed by atoms with van der Waals surface area (Å²) in [5.74, 6) is 0.960. The Morgan fingerprint density at radius 3 is 2.72 bits per heavy atom. The number of carbonyl (C=O) groups excluding carboxylic acids is 1. The van der Waals surface area contributed by atoms with Crippen LogP contribution in [0.4, 0.5) is 0 Å². The first-order valence-electron chi connectivity index (χ1n) is 6.38. The molecule has 0 atom stereocenters. The molecule has 0 radical (unpaired) electrons. The summed E-state index contributed by atoms with van der Waals surface area (Å²) in [6, 6.07) is 8.05. The number of hydrogen-bond donors (Lipinski definition) is 1. The van der Waals surface area contributed by atoms with Crippen molar-refractivity contribution in [2.45, 2.75) is 19.4 Å². The van der Waals surface area contributed by atoms with Crippen molar-refractivity contribution in [1.29, 1.82) is 0 Å². The minimum atomic E-state index is 0.175. The molecular weight excluding hydrogens is 228 g/mol. The monoisotopic (exact) mass is 248 g/mol. The van der Waals surface area contributed by atoms with E-state index in [9.17, 15) is 4.79 Å². The molecule has 0 aromatic heterocycles. The van der Waals surface area contributed by atoms with Gasteiger partial charge in [0, 0.05) is 25.2 Å². The number of likely N-dealkylation sites (N-methyl/N-ethyl adjacent to an activating group) is 1. The highest BCUT2D eigenvalue weighted by Crippen LogP contribution is 2.19. The first-order chi connectivity index (χ1) is 8.76. The van der Waals surface area contributed by atoms with Crippen molar-refractivity contribution < 1.29 is 9.53 Å². The van der Waals surface area contributed by atoms with E-state index in [-0.39, 0.29) is 5.91 Å². The Balaban J connectivity index is 2.05. The van der Waals surface area contributed by atoms with Crippen LogP contribution in [0.2, 0.25) is 0 Å². The first-order valence-corrected chi connectivity index (χ1v) is 6.38. The van der Waals surface area contributed by atoms with Gasteiger partial charge in [-0.3, -0.25) is 4.79 Å². The molecule has 1 heterocycles. The minimum absolute atomic E-state index is 0.175. The van der Waals surface area contributed by atoms with Gasteiger partial charge in [-0.05, 0) is 13.0 Å². The molecule has 4 heteroatoms. The van der Waals surface area contributed by atoms with Gasteiger partial charge in [0.15, 0.2) is 0 Å². The maximum Gasteiger partial charge on any atom is 0.227 e. The fraction of sp³-hybridized carbons (Fsp3) is 0.500. The number of carbonyl (C=O) groups is 1. The molecule has 1 fully saturated rings. The number of amides is 1. The summed E-state index contributed by atoms with van der Waals surface area (Å²) in [4.78, 5) is 14.2. The predicted molar refractivity (Wildman–Crippen MR) is 70.7 cm³/mol. The van der Waals surface area contributed by atoms with E-state index in [0.29, 0.717) is 12.5 Å². The van der Waals surface area contributed by atoms with Gasteiger partial charge in [-0.2, -0.15) is 0 Å². The summed E-state index contributed by atoms with van der Waals surface area (Å²) in [6.45, 7) is 4.61. The van der Waals surface area contributed by atoms with Crippen LogP contribution in [0.3, 0.4) is 0 Å². The molecule has 18 heavy (non-hydrogen) atoms. The van der Waals surface area contributed by atoms with E-state index in [4.69, 9.17) is 4.74 Å². The van der Waals surface area contributed by atoms with Crippen LogP contribution in [0, 0.1) is 0 Å². The number of rotatable bonds is 5. The average Bonchev–Trinajstić information content (AvgIpc) is 2.34. The number of methoxy groups -OCH3 is 1. The molecule has 98 valence electrons. The zero-order valence-electron chi connectivity index (χ0n) is 11.0. The van der Waals surface area contributed by atoms with Crippen LogP contribution in [0.25, 0.3) is 0 Å². The highest BCUT2D eigenvalue weighted by molar-refractivity contribution is 5.80. The minimum Gasteiger partial charge on any atom is -0.496 e. The van der Waals surface area contributed by atoms with Gasteiger partial charge in [-0.25, -0.2) is 0 Å². The largest absolute Gasteiger partial charge is 0.496 e. The number of benzene rings is 1. The Morgan fingerprint density at radius 1 is 1.44 bits per heavy atom. The van der Waals surface area contributed by atoms with Gasteiger partial charge in [0.05, 0.1) is 19.6 Å². The third-order valence-electron chi connectivity index (χ3n) is 3.40. The molecule has 1 aliphatic heterocycles. The summed E-state index contributed by atoms with van der Waals surface area (Å²) in [7, 11) is 1.64. The molecule has 1 aliphatic rings. The van der Waals surface area contributed by atoms with Crippen molar-refractivity contribution in [3.8, 4) is 5.75 Å². The van der Waals surface area contributed by atoms with Crippen LogP contribution in [-0.2, 0) is 11.2 Å². The van der Waals surface area contributed by atoms with E-state index in [2.05, 4.69) is 5.32 Å². The quantitative estimate of drug-likeness (QED) is 0.847. The van der Waals surface area contributed by atoms with E-state index in [1.807, 2.05) is 36.1 Å². The lowest BCUT2D eigenvalue weighted by atomic mass is 10.1. The Labute approximate surface area is 108 Å². The molecule has 2 rings (SSSR count). The fourth-order valence-corrected chi connectivity index (χ4v) is 2.25. The second-order valence-corrected chi connectivity index (χ2v) is 4.48. The molecule has 0 unspecified atom stereocenters. The molecular formula is C14H20N2O2. The molecule has 1 aromatic rings. The smallest absolute Gasteiger partial charge is 0.227 e. The number of para-hydroxylation sites is 1. The second-order valence-electron chi connectivity index (χ2n) is 4.48. The van der Waals surface area contributed by atoms with Gasteiger partial charge in [-0.1, -0.05) is 18.2 Å². The summed E-state index contributed by atoms with van der Waals surface area (Å²) in [5.41, 5.74) is 0.954. The zero-order valence-corrected chi connectivity index (χ0v) is 11.0. The standard InChI is InChI=1S/C14H20N2O2/c1-3-16(12-9-15-10-12)14(17)8-11-6-4-5-7-13(11)18-2/h4-7,12,15H,3,8-10H2,1-2H3. The highest BCUT2D eigenvalue weighted by atomic mass is 16.5. The maximum absolute atomic E-state index is 12.3. The van der Waals surface area contributed by atoms with Crippen LogP contribution in [-0.4, -0.2) is 43.6 Å². The van der Waals surface area contributed by atoms with E-state index in [0.717, 1.165) is 30.9 Å². The zero-order chi connectivity index (χ0) is 13.0.